The Bertz CT molecular complexity index is 1280. The Morgan fingerprint density at radius 2 is 1.93 bits per heavy atom. The highest BCUT2D eigenvalue weighted by Gasteiger charge is 2.24. The molecule has 2 aromatic heterocycles. The molecule has 7 heteroatoms. The lowest BCUT2D eigenvalue weighted by atomic mass is 10.1. The van der Waals surface area contributed by atoms with E-state index >= 15 is 0 Å². The summed E-state index contributed by atoms with van der Waals surface area (Å²) in [5, 5.41) is 5.94. The van der Waals surface area contributed by atoms with Gasteiger partial charge in [0.1, 0.15) is 5.52 Å². The molecule has 4 aromatic rings. The predicted octanol–water partition coefficient (Wildman–Crippen LogP) is 4.90. The van der Waals surface area contributed by atoms with Crippen LogP contribution in [0.15, 0.2) is 48.7 Å². The van der Waals surface area contributed by atoms with Gasteiger partial charge in [-0.05, 0) is 24.3 Å². The number of aromatic nitrogens is 2. The number of fused-ring (bicyclic) bond motifs is 4. The Morgan fingerprint density at radius 3 is 2.83 bits per heavy atom. The van der Waals surface area contributed by atoms with Crippen molar-refractivity contribution < 1.29 is 9.53 Å². The van der Waals surface area contributed by atoms with Gasteiger partial charge in [0.25, 0.3) is 0 Å². The van der Waals surface area contributed by atoms with E-state index in [0.29, 0.717) is 21.3 Å². The zero-order chi connectivity index (χ0) is 20.7. The number of nitrogens with one attached hydrogen (secondary N) is 1. The zero-order valence-corrected chi connectivity index (χ0v) is 17.6. The Balaban J connectivity index is 1.53. The summed E-state index contributed by atoms with van der Waals surface area (Å²) in [5.41, 5.74) is 3.42. The number of rotatable bonds is 4. The molecule has 0 atom stereocenters. The molecule has 30 heavy (non-hydrogen) atoms. The molecule has 1 aliphatic rings. The summed E-state index contributed by atoms with van der Waals surface area (Å²) < 4.78 is 8.18. The van der Waals surface area contributed by atoms with Crippen molar-refractivity contribution >= 4 is 50.8 Å². The number of Topliss-reactive ketones (excluding diaryl/α,β-unsaturated/α-hetero) is 1. The molecule has 2 aromatic carbocycles. The Kier molecular flexibility index (Phi) is 5.11. The van der Waals surface area contributed by atoms with Crippen LogP contribution in [0.1, 0.15) is 16.1 Å². The van der Waals surface area contributed by atoms with E-state index < -0.39 is 0 Å². The minimum Gasteiger partial charge on any atom is -0.482 e. The number of pyridine rings is 1. The van der Waals surface area contributed by atoms with Crippen LogP contribution >= 0.6 is 23.2 Å². The van der Waals surface area contributed by atoms with E-state index in [4.69, 9.17) is 27.9 Å². The van der Waals surface area contributed by atoms with Crippen LogP contribution in [0.25, 0.3) is 21.8 Å². The van der Waals surface area contributed by atoms with E-state index in [1.807, 2.05) is 24.3 Å². The smallest absolute Gasteiger partial charge is 0.202 e. The standard InChI is InChI=1S/C23H19Cl2N3O2/c24-16-12-17(25)23(22-14(16)5-3-8-27-22)30-13-20(29)21-15-4-1-2-6-18(15)28-11-10-26-9-7-19(21)28/h1-6,8,12,26H,7,9-11,13H2. The number of halogens is 2. The van der Waals surface area contributed by atoms with Gasteiger partial charge in [0.2, 0.25) is 5.78 Å². The van der Waals surface area contributed by atoms with Crippen LogP contribution < -0.4 is 10.1 Å². The monoisotopic (exact) mass is 439 g/mol. The molecule has 0 radical (unpaired) electrons. The van der Waals surface area contributed by atoms with Crippen molar-refractivity contribution in [2.45, 2.75) is 13.0 Å². The molecule has 5 rings (SSSR count). The molecule has 0 amide bonds. The van der Waals surface area contributed by atoms with Crippen molar-refractivity contribution in [2.24, 2.45) is 0 Å². The summed E-state index contributed by atoms with van der Waals surface area (Å²) in [5.74, 6) is 0.304. The third-order valence-electron chi connectivity index (χ3n) is 5.51. The van der Waals surface area contributed by atoms with Crippen LogP contribution in [0.5, 0.6) is 5.75 Å². The van der Waals surface area contributed by atoms with Crippen molar-refractivity contribution in [1.29, 1.82) is 0 Å². The van der Waals surface area contributed by atoms with Crippen LogP contribution in [-0.4, -0.2) is 35.0 Å². The van der Waals surface area contributed by atoms with E-state index in [1.54, 1.807) is 18.3 Å². The number of hydrogen-bond acceptors (Lipinski definition) is 4. The number of para-hydroxylation sites is 1. The SMILES string of the molecule is O=C(COc1c(Cl)cc(Cl)c2cccnc12)c1c2n(c3ccccc13)CCNCC2. The minimum absolute atomic E-state index is 0.0723. The summed E-state index contributed by atoms with van der Waals surface area (Å²) >= 11 is 12.7. The lowest BCUT2D eigenvalue weighted by Gasteiger charge is -2.12. The second-order valence-electron chi connectivity index (χ2n) is 7.27. The minimum atomic E-state index is -0.124. The number of nitrogens with zero attached hydrogens (tertiary/aromatic N) is 2. The molecule has 0 bridgehead atoms. The van der Waals surface area contributed by atoms with Gasteiger partial charge in [0, 0.05) is 54.2 Å². The van der Waals surface area contributed by atoms with Crippen LogP contribution in [0.4, 0.5) is 0 Å². The average Bonchev–Trinajstić information content (AvgIpc) is 2.89. The van der Waals surface area contributed by atoms with Crippen LogP contribution in [-0.2, 0) is 13.0 Å². The zero-order valence-electron chi connectivity index (χ0n) is 16.1. The molecular formula is C23H19Cl2N3O2. The first kappa shape index (κ1) is 19.4. The number of ketones is 1. The second-order valence-corrected chi connectivity index (χ2v) is 8.09. The second kappa shape index (κ2) is 7.91. The normalized spacial score (nSPS) is 13.9. The third-order valence-corrected chi connectivity index (χ3v) is 6.10. The van der Waals surface area contributed by atoms with E-state index in [1.165, 1.54) is 0 Å². The molecule has 1 aliphatic heterocycles. The highest BCUT2D eigenvalue weighted by Crippen LogP contribution is 2.37. The predicted molar refractivity (Wildman–Crippen MR) is 120 cm³/mol. The van der Waals surface area contributed by atoms with Crippen molar-refractivity contribution in [3.8, 4) is 5.75 Å². The quantitative estimate of drug-likeness (QED) is 0.459. The van der Waals surface area contributed by atoms with Crippen LogP contribution in [0.3, 0.4) is 0 Å². The number of carbonyl (C=O) groups is 1. The molecule has 3 heterocycles. The number of ether oxygens (including phenoxy) is 1. The van der Waals surface area contributed by atoms with Gasteiger partial charge < -0.3 is 14.6 Å². The summed E-state index contributed by atoms with van der Waals surface area (Å²) in [6.07, 6.45) is 2.44. The molecule has 0 aliphatic carbocycles. The largest absolute Gasteiger partial charge is 0.482 e. The fourth-order valence-corrected chi connectivity index (χ4v) is 4.77. The first-order chi connectivity index (χ1) is 14.6. The van der Waals surface area contributed by atoms with Gasteiger partial charge in [-0.25, -0.2) is 0 Å². The molecule has 0 fully saturated rings. The maximum absolute atomic E-state index is 13.3. The number of hydrogen-bond donors (Lipinski definition) is 1. The molecular weight excluding hydrogens is 421 g/mol. The van der Waals surface area contributed by atoms with Crippen LogP contribution in [0.2, 0.25) is 10.0 Å². The fraction of sp³-hybridized carbons (Fsp3) is 0.217. The molecule has 5 nitrogen and oxygen atoms in total. The summed E-state index contributed by atoms with van der Waals surface area (Å²) in [4.78, 5) is 17.7. The molecule has 152 valence electrons. The van der Waals surface area contributed by atoms with Crippen molar-refractivity contribution in [2.75, 3.05) is 19.7 Å². The van der Waals surface area contributed by atoms with Crippen molar-refractivity contribution in [3.63, 3.8) is 0 Å². The first-order valence-electron chi connectivity index (χ1n) is 9.84. The number of benzene rings is 2. The average molecular weight is 440 g/mol. The fourth-order valence-electron chi connectivity index (χ4n) is 4.20. The van der Waals surface area contributed by atoms with E-state index in [9.17, 15) is 4.79 Å². The molecule has 0 saturated heterocycles. The van der Waals surface area contributed by atoms with Gasteiger partial charge in [0.05, 0.1) is 15.6 Å². The summed E-state index contributed by atoms with van der Waals surface area (Å²) in [6.45, 7) is 2.44. The van der Waals surface area contributed by atoms with Gasteiger partial charge in [-0.2, -0.15) is 0 Å². The van der Waals surface area contributed by atoms with Gasteiger partial charge >= 0.3 is 0 Å². The first-order valence-corrected chi connectivity index (χ1v) is 10.6. The molecule has 0 saturated carbocycles. The number of carbonyl (C=O) groups excluding carboxylic acids is 1. The third kappa shape index (κ3) is 3.23. The molecule has 0 unspecified atom stereocenters. The Hall–Kier alpha value is -2.60. The molecule has 1 N–H and O–H groups in total. The van der Waals surface area contributed by atoms with Crippen molar-refractivity contribution in [3.05, 3.63) is 70.0 Å². The lowest BCUT2D eigenvalue weighted by Crippen LogP contribution is -2.18. The topological polar surface area (TPSA) is 56.1 Å². The van der Waals surface area contributed by atoms with Gasteiger partial charge in [-0.15, -0.1) is 0 Å². The van der Waals surface area contributed by atoms with Gasteiger partial charge in [0.15, 0.2) is 12.4 Å². The maximum atomic E-state index is 13.3. The summed E-state index contributed by atoms with van der Waals surface area (Å²) in [7, 11) is 0. The maximum Gasteiger partial charge on any atom is 0.202 e. The summed E-state index contributed by atoms with van der Waals surface area (Å²) in [6, 6.07) is 13.3. The van der Waals surface area contributed by atoms with E-state index in [0.717, 1.165) is 53.6 Å². The van der Waals surface area contributed by atoms with Crippen LogP contribution in [0, 0.1) is 0 Å². The highest BCUT2D eigenvalue weighted by molar-refractivity contribution is 6.39. The Morgan fingerprint density at radius 1 is 1.10 bits per heavy atom. The molecule has 0 spiro atoms. The Labute approximate surface area is 183 Å². The van der Waals surface area contributed by atoms with E-state index in [-0.39, 0.29) is 12.4 Å². The van der Waals surface area contributed by atoms with Crippen molar-refractivity contribution in [1.82, 2.24) is 14.9 Å². The van der Waals surface area contributed by atoms with E-state index in [2.05, 4.69) is 20.9 Å². The lowest BCUT2D eigenvalue weighted by molar-refractivity contribution is 0.0923. The highest BCUT2D eigenvalue weighted by atomic mass is 35.5. The van der Waals surface area contributed by atoms with Gasteiger partial charge in [-0.3, -0.25) is 9.78 Å². The van der Waals surface area contributed by atoms with Gasteiger partial charge in [-0.1, -0.05) is 41.4 Å².